The molecule has 1 saturated heterocycles. The highest BCUT2D eigenvalue weighted by Crippen LogP contribution is 2.23. The van der Waals surface area contributed by atoms with Crippen molar-refractivity contribution in [2.45, 2.75) is 18.9 Å². The SMILES string of the molecule is O=C(COC(=O)[C@H](O)c1ccccc1)Nc1ccc(N2CCCC2=O)cc1. The first-order valence-corrected chi connectivity index (χ1v) is 8.64. The molecule has 0 unspecified atom stereocenters. The van der Waals surface area contributed by atoms with E-state index in [0.29, 0.717) is 24.2 Å². The highest BCUT2D eigenvalue weighted by Gasteiger charge is 2.22. The summed E-state index contributed by atoms with van der Waals surface area (Å²) in [5.74, 6) is -1.32. The minimum absolute atomic E-state index is 0.0932. The molecule has 2 aromatic rings. The molecular formula is C20H20N2O5. The van der Waals surface area contributed by atoms with Crippen molar-refractivity contribution < 1.29 is 24.2 Å². The molecule has 2 amide bonds. The van der Waals surface area contributed by atoms with Gasteiger partial charge in [0, 0.05) is 24.3 Å². The number of aliphatic hydroxyl groups is 1. The second-order valence-corrected chi connectivity index (χ2v) is 6.16. The van der Waals surface area contributed by atoms with E-state index in [4.69, 9.17) is 4.74 Å². The highest BCUT2D eigenvalue weighted by atomic mass is 16.5. The van der Waals surface area contributed by atoms with Crippen LogP contribution in [0.3, 0.4) is 0 Å². The number of hydrogen-bond donors (Lipinski definition) is 2. The van der Waals surface area contributed by atoms with Crippen molar-refractivity contribution in [3.63, 3.8) is 0 Å². The monoisotopic (exact) mass is 368 g/mol. The number of carbonyl (C=O) groups excluding carboxylic acids is 3. The first-order chi connectivity index (χ1) is 13.0. The first-order valence-electron chi connectivity index (χ1n) is 8.64. The Morgan fingerprint density at radius 2 is 1.81 bits per heavy atom. The number of aliphatic hydroxyl groups excluding tert-OH is 1. The normalized spacial score (nSPS) is 14.7. The molecular weight excluding hydrogens is 348 g/mol. The third kappa shape index (κ3) is 4.71. The lowest BCUT2D eigenvalue weighted by Gasteiger charge is -2.16. The van der Waals surface area contributed by atoms with Gasteiger partial charge in [-0.05, 0) is 36.2 Å². The van der Waals surface area contributed by atoms with Crippen molar-refractivity contribution in [2.24, 2.45) is 0 Å². The maximum absolute atomic E-state index is 11.9. The molecule has 0 saturated carbocycles. The van der Waals surface area contributed by atoms with Gasteiger partial charge in [0.25, 0.3) is 5.91 Å². The van der Waals surface area contributed by atoms with Crippen LogP contribution in [0.1, 0.15) is 24.5 Å². The molecule has 1 aliphatic rings. The number of esters is 1. The fraction of sp³-hybridized carbons (Fsp3) is 0.250. The van der Waals surface area contributed by atoms with Crippen LogP contribution in [-0.2, 0) is 19.1 Å². The van der Waals surface area contributed by atoms with Crippen molar-refractivity contribution in [3.05, 3.63) is 60.2 Å². The molecule has 7 nitrogen and oxygen atoms in total. The summed E-state index contributed by atoms with van der Waals surface area (Å²) in [5, 5.41) is 12.5. The number of rotatable bonds is 6. The Kier molecular flexibility index (Phi) is 5.83. The van der Waals surface area contributed by atoms with Gasteiger partial charge in [0.05, 0.1) is 0 Å². The average molecular weight is 368 g/mol. The zero-order chi connectivity index (χ0) is 19.2. The molecule has 1 heterocycles. The van der Waals surface area contributed by atoms with Crippen LogP contribution in [0.15, 0.2) is 54.6 Å². The molecule has 140 valence electrons. The van der Waals surface area contributed by atoms with Crippen LogP contribution in [0.4, 0.5) is 11.4 Å². The van der Waals surface area contributed by atoms with Gasteiger partial charge in [0.15, 0.2) is 12.7 Å². The number of benzene rings is 2. The first kappa shape index (κ1) is 18.6. The molecule has 0 spiro atoms. The van der Waals surface area contributed by atoms with Gasteiger partial charge in [-0.3, -0.25) is 9.59 Å². The Balaban J connectivity index is 1.49. The van der Waals surface area contributed by atoms with Crippen LogP contribution in [0.25, 0.3) is 0 Å². The Labute approximate surface area is 156 Å². The van der Waals surface area contributed by atoms with Gasteiger partial charge < -0.3 is 20.1 Å². The smallest absolute Gasteiger partial charge is 0.340 e. The molecule has 2 aromatic carbocycles. The Hall–Kier alpha value is -3.19. The lowest BCUT2D eigenvalue weighted by Crippen LogP contribution is -2.24. The van der Waals surface area contributed by atoms with Gasteiger partial charge in [-0.2, -0.15) is 0 Å². The van der Waals surface area contributed by atoms with Crippen LogP contribution in [0.2, 0.25) is 0 Å². The van der Waals surface area contributed by atoms with Crippen molar-refractivity contribution in [1.82, 2.24) is 0 Å². The summed E-state index contributed by atoms with van der Waals surface area (Å²) in [5.41, 5.74) is 1.71. The predicted molar refractivity (Wildman–Crippen MR) is 99.0 cm³/mol. The second kappa shape index (κ2) is 8.46. The standard InChI is InChI=1S/C20H20N2O5/c23-17(13-27-20(26)19(25)14-5-2-1-3-6-14)21-15-8-10-16(11-9-15)22-12-4-7-18(22)24/h1-3,5-6,8-11,19,25H,4,7,12-13H2,(H,21,23)/t19-/m1/s1. The van der Waals surface area contributed by atoms with E-state index in [1.807, 2.05) is 0 Å². The Morgan fingerprint density at radius 3 is 2.44 bits per heavy atom. The molecule has 3 rings (SSSR count). The summed E-state index contributed by atoms with van der Waals surface area (Å²) < 4.78 is 4.86. The average Bonchev–Trinajstić information content (AvgIpc) is 3.12. The van der Waals surface area contributed by atoms with Crippen molar-refractivity contribution in [1.29, 1.82) is 0 Å². The quantitative estimate of drug-likeness (QED) is 0.761. The van der Waals surface area contributed by atoms with Crippen molar-refractivity contribution in [3.8, 4) is 0 Å². The maximum atomic E-state index is 11.9. The third-order valence-electron chi connectivity index (χ3n) is 4.22. The number of nitrogens with zero attached hydrogens (tertiary/aromatic N) is 1. The second-order valence-electron chi connectivity index (χ2n) is 6.16. The molecule has 0 aliphatic carbocycles. The van der Waals surface area contributed by atoms with Crippen molar-refractivity contribution >= 4 is 29.2 Å². The van der Waals surface area contributed by atoms with E-state index < -0.39 is 24.6 Å². The minimum Gasteiger partial charge on any atom is -0.453 e. The van der Waals surface area contributed by atoms with Gasteiger partial charge in [-0.25, -0.2) is 4.79 Å². The number of carbonyl (C=O) groups is 3. The molecule has 0 bridgehead atoms. The number of ether oxygens (including phenoxy) is 1. The topological polar surface area (TPSA) is 95.9 Å². The molecule has 2 N–H and O–H groups in total. The molecule has 1 aliphatic heterocycles. The maximum Gasteiger partial charge on any atom is 0.340 e. The van der Waals surface area contributed by atoms with Gasteiger partial charge in [-0.1, -0.05) is 30.3 Å². The van der Waals surface area contributed by atoms with Gasteiger partial charge in [0.1, 0.15) is 0 Å². The number of nitrogens with one attached hydrogen (secondary N) is 1. The van der Waals surface area contributed by atoms with Crippen LogP contribution < -0.4 is 10.2 Å². The Bertz CT molecular complexity index is 820. The number of amides is 2. The van der Waals surface area contributed by atoms with Gasteiger partial charge in [0.2, 0.25) is 5.91 Å². The lowest BCUT2D eigenvalue weighted by atomic mass is 10.1. The highest BCUT2D eigenvalue weighted by molar-refractivity contribution is 5.96. The zero-order valence-electron chi connectivity index (χ0n) is 14.6. The molecule has 27 heavy (non-hydrogen) atoms. The van der Waals surface area contributed by atoms with E-state index in [0.717, 1.165) is 12.1 Å². The van der Waals surface area contributed by atoms with Crippen LogP contribution in [0.5, 0.6) is 0 Å². The van der Waals surface area contributed by atoms with Crippen LogP contribution in [-0.4, -0.2) is 36.0 Å². The molecule has 0 radical (unpaired) electrons. The summed E-state index contributed by atoms with van der Waals surface area (Å²) >= 11 is 0. The van der Waals surface area contributed by atoms with E-state index in [2.05, 4.69) is 5.32 Å². The Morgan fingerprint density at radius 1 is 1.11 bits per heavy atom. The van der Waals surface area contributed by atoms with Crippen molar-refractivity contribution in [2.75, 3.05) is 23.4 Å². The summed E-state index contributed by atoms with van der Waals surface area (Å²) in [7, 11) is 0. The summed E-state index contributed by atoms with van der Waals surface area (Å²) in [6, 6.07) is 15.2. The summed E-state index contributed by atoms with van der Waals surface area (Å²) in [6.07, 6.45) is -0.0350. The molecule has 7 heteroatoms. The predicted octanol–water partition coefficient (Wildman–Crippen LogP) is 2.03. The van der Waals surface area contributed by atoms with E-state index >= 15 is 0 Å². The minimum atomic E-state index is -1.43. The fourth-order valence-electron chi connectivity index (χ4n) is 2.83. The summed E-state index contributed by atoms with van der Waals surface area (Å²) in [6.45, 7) is 0.194. The number of anilines is 2. The van der Waals surface area contributed by atoms with E-state index in [-0.39, 0.29) is 5.91 Å². The summed E-state index contributed by atoms with van der Waals surface area (Å²) in [4.78, 5) is 37.2. The van der Waals surface area contributed by atoms with Crippen LogP contribution >= 0.6 is 0 Å². The number of hydrogen-bond acceptors (Lipinski definition) is 5. The fourth-order valence-corrected chi connectivity index (χ4v) is 2.83. The van der Waals surface area contributed by atoms with E-state index in [1.165, 1.54) is 0 Å². The zero-order valence-corrected chi connectivity index (χ0v) is 14.6. The lowest BCUT2D eigenvalue weighted by molar-refractivity contribution is -0.156. The molecule has 1 fully saturated rings. The van der Waals surface area contributed by atoms with E-state index in [1.54, 1.807) is 59.5 Å². The van der Waals surface area contributed by atoms with Gasteiger partial charge >= 0.3 is 5.97 Å². The molecule has 1 atom stereocenters. The molecule has 0 aromatic heterocycles. The largest absolute Gasteiger partial charge is 0.453 e. The third-order valence-corrected chi connectivity index (χ3v) is 4.22. The van der Waals surface area contributed by atoms with Crippen LogP contribution in [0, 0.1) is 0 Å². The van der Waals surface area contributed by atoms with Gasteiger partial charge in [-0.15, -0.1) is 0 Å². The van der Waals surface area contributed by atoms with E-state index in [9.17, 15) is 19.5 Å².